The average molecular weight is 271 g/mol. The van der Waals surface area contributed by atoms with Gasteiger partial charge in [0.1, 0.15) is 0 Å². The summed E-state index contributed by atoms with van der Waals surface area (Å²) >= 11 is 12.0. The third-order valence-corrected chi connectivity index (χ3v) is 3.36. The van der Waals surface area contributed by atoms with Crippen molar-refractivity contribution in [3.05, 3.63) is 40.2 Å². The SMILES string of the molecule is O=C(CCc1c(Cl)cncc1Cl)N1CC=CC1. The molecule has 1 amide bonds. The summed E-state index contributed by atoms with van der Waals surface area (Å²) in [6.45, 7) is 1.41. The van der Waals surface area contributed by atoms with Gasteiger partial charge in [0.15, 0.2) is 0 Å². The number of hydrogen-bond donors (Lipinski definition) is 0. The van der Waals surface area contributed by atoms with Crippen LogP contribution in [0.15, 0.2) is 24.5 Å². The van der Waals surface area contributed by atoms with Gasteiger partial charge >= 0.3 is 0 Å². The molecule has 0 fully saturated rings. The molecule has 0 N–H and O–H groups in total. The van der Waals surface area contributed by atoms with Crippen LogP contribution in [0.25, 0.3) is 0 Å². The molecule has 1 aromatic rings. The predicted molar refractivity (Wildman–Crippen MR) is 68.3 cm³/mol. The highest BCUT2D eigenvalue weighted by atomic mass is 35.5. The van der Waals surface area contributed by atoms with Crippen LogP contribution >= 0.6 is 23.2 Å². The lowest BCUT2D eigenvalue weighted by molar-refractivity contribution is -0.129. The Morgan fingerprint density at radius 3 is 2.41 bits per heavy atom. The van der Waals surface area contributed by atoms with E-state index in [-0.39, 0.29) is 5.91 Å². The Balaban J connectivity index is 1.95. The lowest BCUT2D eigenvalue weighted by Crippen LogP contribution is -2.28. The highest BCUT2D eigenvalue weighted by molar-refractivity contribution is 6.35. The molecule has 1 aliphatic heterocycles. The Labute approximate surface area is 110 Å². The van der Waals surface area contributed by atoms with Crippen LogP contribution in [0.1, 0.15) is 12.0 Å². The third kappa shape index (κ3) is 2.99. The van der Waals surface area contributed by atoms with Crippen molar-refractivity contribution in [1.82, 2.24) is 9.88 Å². The maximum atomic E-state index is 11.8. The third-order valence-electron chi connectivity index (χ3n) is 2.71. The predicted octanol–water partition coefficient (Wildman–Crippen LogP) is 2.72. The van der Waals surface area contributed by atoms with Crippen molar-refractivity contribution >= 4 is 29.1 Å². The van der Waals surface area contributed by atoms with Crippen molar-refractivity contribution < 1.29 is 4.79 Å². The number of nitrogens with zero attached hydrogens (tertiary/aromatic N) is 2. The summed E-state index contributed by atoms with van der Waals surface area (Å²) < 4.78 is 0. The molecule has 0 radical (unpaired) electrons. The maximum absolute atomic E-state index is 11.8. The van der Waals surface area contributed by atoms with Crippen LogP contribution in [0.2, 0.25) is 10.0 Å². The number of hydrogen-bond acceptors (Lipinski definition) is 2. The topological polar surface area (TPSA) is 33.2 Å². The van der Waals surface area contributed by atoms with Crippen molar-refractivity contribution in [3.63, 3.8) is 0 Å². The highest BCUT2D eigenvalue weighted by Crippen LogP contribution is 2.24. The Bertz CT molecular complexity index is 432. The van der Waals surface area contributed by atoms with Crippen molar-refractivity contribution in [1.29, 1.82) is 0 Å². The summed E-state index contributed by atoms with van der Waals surface area (Å²) in [7, 11) is 0. The fraction of sp³-hybridized carbons (Fsp3) is 0.333. The number of aromatic nitrogens is 1. The molecule has 0 atom stereocenters. The highest BCUT2D eigenvalue weighted by Gasteiger charge is 2.15. The molecule has 0 spiro atoms. The van der Waals surface area contributed by atoms with Gasteiger partial charge in [-0.1, -0.05) is 35.4 Å². The molecule has 1 aliphatic rings. The van der Waals surface area contributed by atoms with E-state index in [0.29, 0.717) is 36.0 Å². The Morgan fingerprint density at radius 1 is 1.24 bits per heavy atom. The van der Waals surface area contributed by atoms with E-state index in [1.54, 1.807) is 17.3 Å². The lowest BCUT2D eigenvalue weighted by Gasteiger charge is -2.15. The second kappa shape index (κ2) is 5.52. The van der Waals surface area contributed by atoms with Crippen molar-refractivity contribution in [2.24, 2.45) is 0 Å². The maximum Gasteiger partial charge on any atom is 0.223 e. The Hall–Kier alpha value is -1.06. The number of amides is 1. The minimum absolute atomic E-state index is 0.124. The second-order valence-electron chi connectivity index (χ2n) is 3.85. The molecule has 3 nitrogen and oxygen atoms in total. The lowest BCUT2D eigenvalue weighted by atomic mass is 10.1. The zero-order valence-electron chi connectivity index (χ0n) is 9.20. The standard InChI is InChI=1S/C12H12Cl2N2O/c13-10-7-15-8-11(14)9(10)3-4-12(17)16-5-1-2-6-16/h1-2,7-8H,3-6H2. The average Bonchev–Trinajstić information content (AvgIpc) is 2.81. The van der Waals surface area contributed by atoms with Gasteiger partial charge in [-0.3, -0.25) is 9.78 Å². The largest absolute Gasteiger partial charge is 0.335 e. The molecule has 0 bridgehead atoms. The summed E-state index contributed by atoms with van der Waals surface area (Å²) in [6.07, 6.45) is 8.05. The molecule has 0 saturated carbocycles. The first-order valence-electron chi connectivity index (χ1n) is 5.39. The van der Waals surface area contributed by atoms with Crippen LogP contribution in [0.5, 0.6) is 0 Å². The van der Waals surface area contributed by atoms with Crippen molar-refractivity contribution in [2.45, 2.75) is 12.8 Å². The first kappa shape index (κ1) is 12.4. The van der Waals surface area contributed by atoms with Gasteiger partial charge in [-0.15, -0.1) is 0 Å². The van der Waals surface area contributed by atoms with Crippen LogP contribution < -0.4 is 0 Å². The molecule has 1 aromatic heterocycles. The van der Waals surface area contributed by atoms with E-state index in [0.717, 1.165) is 5.56 Å². The minimum Gasteiger partial charge on any atom is -0.335 e. The molecule has 0 unspecified atom stereocenters. The molecule has 0 saturated heterocycles. The van der Waals surface area contributed by atoms with Gasteiger partial charge in [0.25, 0.3) is 0 Å². The van der Waals surface area contributed by atoms with Crippen LogP contribution in [0.4, 0.5) is 0 Å². The monoisotopic (exact) mass is 270 g/mol. The van der Waals surface area contributed by atoms with Crippen LogP contribution in [-0.4, -0.2) is 28.9 Å². The van der Waals surface area contributed by atoms with Crippen LogP contribution in [-0.2, 0) is 11.2 Å². The molecule has 0 aliphatic carbocycles. The molecule has 2 heterocycles. The minimum atomic E-state index is 0.124. The fourth-order valence-electron chi connectivity index (χ4n) is 1.75. The van der Waals surface area contributed by atoms with Crippen LogP contribution in [0.3, 0.4) is 0 Å². The van der Waals surface area contributed by atoms with E-state index >= 15 is 0 Å². The van der Waals surface area contributed by atoms with Crippen LogP contribution in [0, 0.1) is 0 Å². The smallest absolute Gasteiger partial charge is 0.223 e. The second-order valence-corrected chi connectivity index (χ2v) is 4.67. The molecule has 2 rings (SSSR count). The van der Waals surface area contributed by atoms with Gasteiger partial charge < -0.3 is 4.90 Å². The van der Waals surface area contributed by atoms with E-state index in [9.17, 15) is 4.79 Å². The summed E-state index contributed by atoms with van der Waals surface area (Å²) in [5.74, 6) is 0.124. The zero-order valence-corrected chi connectivity index (χ0v) is 10.7. The fourth-order valence-corrected chi connectivity index (χ4v) is 2.30. The first-order chi connectivity index (χ1) is 8.18. The van der Waals surface area contributed by atoms with Gasteiger partial charge in [0.2, 0.25) is 5.91 Å². The quantitative estimate of drug-likeness (QED) is 0.792. The van der Waals surface area contributed by atoms with Gasteiger partial charge in [-0.25, -0.2) is 0 Å². The van der Waals surface area contributed by atoms with E-state index in [1.807, 2.05) is 12.2 Å². The summed E-state index contributed by atoms with van der Waals surface area (Å²) in [4.78, 5) is 17.5. The Kier molecular flexibility index (Phi) is 4.02. The molecular formula is C12H12Cl2N2O. The molecule has 17 heavy (non-hydrogen) atoms. The number of rotatable bonds is 3. The zero-order chi connectivity index (χ0) is 12.3. The molecular weight excluding hydrogens is 259 g/mol. The van der Waals surface area contributed by atoms with E-state index in [2.05, 4.69) is 4.98 Å². The molecule has 90 valence electrons. The number of carbonyl (C=O) groups excluding carboxylic acids is 1. The first-order valence-corrected chi connectivity index (χ1v) is 6.14. The Morgan fingerprint density at radius 2 is 1.82 bits per heavy atom. The van der Waals surface area contributed by atoms with E-state index < -0.39 is 0 Å². The van der Waals surface area contributed by atoms with Gasteiger partial charge in [-0.05, 0) is 12.0 Å². The number of pyridine rings is 1. The summed E-state index contributed by atoms with van der Waals surface area (Å²) in [5.41, 5.74) is 0.795. The van der Waals surface area contributed by atoms with Crippen molar-refractivity contribution in [3.8, 4) is 0 Å². The van der Waals surface area contributed by atoms with Gasteiger partial charge in [-0.2, -0.15) is 0 Å². The number of carbonyl (C=O) groups is 1. The van der Waals surface area contributed by atoms with Crippen molar-refractivity contribution in [2.75, 3.05) is 13.1 Å². The van der Waals surface area contributed by atoms with E-state index in [1.165, 1.54) is 0 Å². The van der Waals surface area contributed by atoms with Gasteiger partial charge in [0, 0.05) is 31.9 Å². The molecule has 0 aromatic carbocycles. The number of halogens is 2. The normalized spacial score (nSPS) is 14.4. The van der Waals surface area contributed by atoms with Gasteiger partial charge in [0.05, 0.1) is 10.0 Å². The summed E-state index contributed by atoms with van der Waals surface area (Å²) in [5, 5.41) is 1.04. The molecule has 5 heteroatoms. The summed E-state index contributed by atoms with van der Waals surface area (Å²) in [6, 6.07) is 0. The van der Waals surface area contributed by atoms with E-state index in [4.69, 9.17) is 23.2 Å².